The van der Waals surface area contributed by atoms with E-state index in [0.29, 0.717) is 5.65 Å². The molecular formula is C16H22N4OS. The number of piperidine rings is 1. The predicted octanol–water partition coefficient (Wildman–Crippen LogP) is 3.09. The van der Waals surface area contributed by atoms with Crippen molar-refractivity contribution in [3.63, 3.8) is 0 Å². The molecule has 1 amide bonds. The van der Waals surface area contributed by atoms with Gasteiger partial charge in [-0.3, -0.25) is 4.79 Å². The lowest BCUT2D eigenvalue weighted by molar-refractivity contribution is -0.131. The van der Waals surface area contributed by atoms with E-state index in [-0.39, 0.29) is 11.2 Å². The molecule has 2 aromatic rings. The Kier molecular flexibility index (Phi) is 4.66. The van der Waals surface area contributed by atoms with Gasteiger partial charge in [-0.05, 0) is 37.3 Å². The van der Waals surface area contributed by atoms with Crippen LogP contribution < -0.4 is 0 Å². The van der Waals surface area contributed by atoms with Gasteiger partial charge in [0.1, 0.15) is 0 Å². The number of likely N-dealkylation sites (tertiary alicyclic amines) is 1. The second-order valence-electron chi connectivity index (χ2n) is 5.94. The number of nitrogens with one attached hydrogen (secondary N) is 1. The molecule has 1 aliphatic heterocycles. The fraction of sp³-hybridized carbons (Fsp3) is 0.562. The number of hydrogen-bond donors (Lipinski definition) is 1. The zero-order valence-corrected chi connectivity index (χ0v) is 13.9. The topological polar surface area (TPSA) is 61.9 Å². The number of H-pyrrole nitrogens is 1. The van der Waals surface area contributed by atoms with Crippen molar-refractivity contribution in [3.05, 3.63) is 18.3 Å². The molecule has 1 fully saturated rings. The molecule has 6 heteroatoms. The predicted molar refractivity (Wildman–Crippen MR) is 88.8 cm³/mol. The van der Waals surface area contributed by atoms with Crippen molar-refractivity contribution in [1.29, 1.82) is 0 Å². The van der Waals surface area contributed by atoms with E-state index in [2.05, 4.69) is 28.8 Å². The second kappa shape index (κ2) is 6.69. The van der Waals surface area contributed by atoms with E-state index in [4.69, 9.17) is 0 Å². The molecule has 1 atom stereocenters. The second-order valence-corrected chi connectivity index (χ2v) is 7.13. The van der Waals surface area contributed by atoms with Crippen molar-refractivity contribution in [2.24, 2.45) is 5.92 Å². The Morgan fingerprint density at radius 2 is 2.27 bits per heavy atom. The van der Waals surface area contributed by atoms with Crippen LogP contribution in [0.3, 0.4) is 0 Å². The van der Waals surface area contributed by atoms with Crippen LogP contribution in [0.2, 0.25) is 0 Å². The molecular weight excluding hydrogens is 296 g/mol. The van der Waals surface area contributed by atoms with Crippen molar-refractivity contribution in [3.8, 4) is 0 Å². The smallest absolute Gasteiger partial charge is 0.236 e. The van der Waals surface area contributed by atoms with Gasteiger partial charge in [0.05, 0.1) is 10.8 Å². The maximum Gasteiger partial charge on any atom is 0.236 e. The molecule has 3 heterocycles. The van der Waals surface area contributed by atoms with Gasteiger partial charge in [-0.1, -0.05) is 25.6 Å². The number of fused-ring (bicyclic) bond motifs is 1. The van der Waals surface area contributed by atoms with Crippen LogP contribution >= 0.6 is 11.8 Å². The van der Waals surface area contributed by atoms with Crippen LogP contribution in [0, 0.1) is 5.92 Å². The first-order valence-electron chi connectivity index (χ1n) is 7.93. The molecule has 0 aliphatic carbocycles. The number of pyridine rings is 1. The number of nitrogens with zero attached hydrogens (tertiary/aromatic N) is 3. The number of carbonyl (C=O) groups excluding carboxylic acids is 1. The number of aromatic nitrogens is 3. The third kappa shape index (κ3) is 3.27. The Hall–Kier alpha value is -1.56. The summed E-state index contributed by atoms with van der Waals surface area (Å²) >= 11 is 1.52. The van der Waals surface area contributed by atoms with Crippen LogP contribution in [0.4, 0.5) is 0 Å². The monoisotopic (exact) mass is 318 g/mol. The molecule has 5 nitrogen and oxygen atoms in total. The Morgan fingerprint density at radius 3 is 2.95 bits per heavy atom. The van der Waals surface area contributed by atoms with E-state index in [1.807, 2.05) is 17.0 Å². The lowest BCUT2D eigenvalue weighted by atomic mass is 9.99. The van der Waals surface area contributed by atoms with Gasteiger partial charge in [0.15, 0.2) is 10.8 Å². The van der Waals surface area contributed by atoms with E-state index in [9.17, 15) is 4.79 Å². The van der Waals surface area contributed by atoms with Gasteiger partial charge in [0, 0.05) is 19.3 Å². The standard InChI is InChI=1S/C16H22N4OS/c1-3-13(15(21)20-9-6-11(2)7-10-20)22-16-18-12-5-4-8-17-14(12)19-16/h4-5,8,11,13H,3,6-7,9-10H2,1-2H3,(H,17,18,19)/t13-/m1/s1. The number of amides is 1. The number of hydrogen-bond acceptors (Lipinski definition) is 4. The average Bonchev–Trinajstić information content (AvgIpc) is 2.95. The Balaban J connectivity index is 1.69. The molecule has 1 saturated heterocycles. The first-order valence-corrected chi connectivity index (χ1v) is 8.81. The maximum absolute atomic E-state index is 12.7. The highest BCUT2D eigenvalue weighted by atomic mass is 32.2. The Bertz CT molecular complexity index is 615. The van der Waals surface area contributed by atoms with Crippen molar-refractivity contribution >= 4 is 28.8 Å². The molecule has 0 saturated carbocycles. The highest BCUT2D eigenvalue weighted by molar-refractivity contribution is 8.00. The van der Waals surface area contributed by atoms with Gasteiger partial charge in [0.2, 0.25) is 5.91 Å². The summed E-state index contributed by atoms with van der Waals surface area (Å²) in [6, 6.07) is 3.83. The fourth-order valence-corrected chi connectivity index (χ4v) is 3.75. The van der Waals surface area contributed by atoms with E-state index < -0.39 is 0 Å². The van der Waals surface area contributed by atoms with E-state index in [0.717, 1.165) is 48.9 Å². The van der Waals surface area contributed by atoms with Crippen LogP contribution in [-0.4, -0.2) is 44.1 Å². The minimum Gasteiger partial charge on any atom is -0.342 e. The quantitative estimate of drug-likeness (QED) is 0.880. The van der Waals surface area contributed by atoms with Crippen molar-refractivity contribution in [1.82, 2.24) is 19.9 Å². The molecule has 0 radical (unpaired) electrons. The summed E-state index contributed by atoms with van der Waals surface area (Å²) in [5.41, 5.74) is 1.62. The fourth-order valence-electron chi connectivity index (χ4n) is 2.75. The van der Waals surface area contributed by atoms with Crippen LogP contribution in [0.1, 0.15) is 33.1 Å². The number of carbonyl (C=O) groups is 1. The molecule has 0 spiro atoms. The average molecular weight is 318 g/mol. The summed E-state index contributed by atoms with van der Waals surface area (Å²) in [5, 5.41) is 0.702. The van der Waals surface area contributed by atoms with Crippen molar-refractivity contribution in [2.45, 2.75) is 43.5 Å². The molecule has 0 bridgehead atoms. The summed E-state index contributed by atoms with van der Waals surface area (Å²) in [6.07, 6.45) is 4.76. The zero-order chi connectivity index (χ0) is 15.5. The van der Waals surface area contributed by atoms with Gasteiger partial charge in [-0.25, -0.2) is 9.97 Å². The molecule has 0 unspecified atom stereocenters. The maximum atomic E-state index is 12.7. The highest BCUT2D eigenvalue weighted by Gasteiger charge is 2.27. The lowest BCUT2D eigenvalue weighted by Crippen LogP contribution is -2.42. The largest absolute Gasteiger partial charge is 0.342 e. The van der Waals surface area contributed by atoms with Crippen LogP contribution in [0.5, 0.6) is 0 Å². The molecule has 118 valence electrons. The molecule has 1 N–H and O–H groups in total. The number of thioether (sulfide) groups is 1. The highest BCUT2D eigenvalue weighted by Crippen LogP contribution is 2.27. The Labute approximate surface area is 134 Å². The summed E-state index contributed by atoms with van der Waals surface area (Å²) in [4.78, 5) is 26.7. The first-order chi connectivity index (χ1) is 10.7. The van der Waals surface area contributed by atoms with Gasteiger partial charge < -0.3 is 9.88 Å². The van der Waals surface area contributed by atoms with Gasteiger partial charge in [-0.2, -0.15) is 0 Å². The Morgan fingerprint density at radius 1 is 1.50 bits per heavy atom. The van der Waals surface area contributed by atoms with Crippen molar-refractivity contribution in [2.75, 3.05) is 13.1 Å². The number of aromatic amines is 1. The summed E-state index contributed by atoms with van der Waals surface area (Å²) in [6.45, 7) is 6.09. The van der Waals surface area contributed by atoms with Gasteiger partial charge in [-0.15, -0.1) is 0 Å². The molecule has 22 heavy (non-hydrogen) atoms. The van der Waals surface area contributed by atoms with Crippen molar-refractivity contribution < 1.29 is 4.79 Å². The van der Waals surface area contributed by atoms with Gasteiger partial charge >= 0.3 is 0 Å². The minimum atomic E-state index is -0.0750. The number of imidazole rings is 1. The third-order valence-corrected chi connectivity index (χ3v) is 5.47. The molecule has 1 aliphatic rings. The number of rotatable bonds is 4. The van der Waals surface area contributed by atoms with E-state index in [1.54, 1.807) is 6.20 Å². The normalized spacial score (nSPS) is 17.8. The van der Waals surface area contributed by atoms with E-state index >= 15 is 0 Å². The summed E-state index contributed by atoms with van der Waals surface area (Å²) in [7, 11) is 0. The lowest BCUT2D eigenvalue weighted by Gasteiger charge is -2.32. The summed E-state index contributed by atoms with van der Waals surface area (Å²) < 4.78 is 0. The SMILES string of the molecule is CC[C@@H](Sc1nc2ncccc2[nH]1)C(=O)N1CCC(C)CC1. The van der Waals surface area contributed by atoms with Crippen LogP contribution in [0.15, 0.2) is 23.5 Å². The zero-order valence-electron chi connectivity index (χ0n) is 13.1. The van der Waals surface area contributed by atoms with Crippen LogP contribution in [0.25, 0.3) is 11.2 Å². The molecule has 3 rings (SSSR count). The molecule has 2 aromatic heterocycles. The summed E-state index contributed by atoms with van der Waals surface area (Å²) in [5.74, 6) is 0.978. The van der Waals surface area contributed by atoms with Gasteiger partial charge in [0.25, 0.3) is 0 Å². The van der Waals surface area contributed by atoms with Crippen LogP contribution in [-0.2, 0) is 4.79 Å². The first kappa shape index (κ1) is 15.3. The molecule has 0 aromatic carbocycles. The minimum absolute atomic E-state index is 0.0750. The third-order valence-electron chi connectivity index (χ3n) is 4.23. The van der Waals surface area contributed by atoms with E-state index in [1.165, 1.54) is 11.8 Å².